The Morgan fingerprint density at radius 3 is 1.44 bits per heavy atom. The molecule has 158 valence electrons. The average molecular weight is 459 g/mol. The molecular formula is C22H18N8S2. The Morgan fingerprint density at radius 2 is 1.00 bits per heavy atom. The van der Waals surface area contributed by atoms with Gasteiger partial charge in [-0.05, 0) is 12.8 Å². The normalized spacial score (nSPS) is 11.6. The van der Waals surface area contributed by atoms with Crippen molar-refractivity contribution >= 4 is 32.6 Å². The standard InChI is InChI=1S/C22H18N8S2/c1-3-9-15(10-4-1)19-23-25-21-29(19)27-17(31-21)13-7-8-14-18-28-30-20(24-26-22(30)32-18)16-11-5-2-6-12-16/h1-6,9-12H,7-8,13-14H2. The van der Waals surface area contributed by atoms with E-state index in [0.29, 0.717) is 0 Å². The Balaban J connectivity index is 1.11. The Kier molecular flexibility index (Phi) is 4.93. The molecule has 6 rings (SSSR count). The van der Waals surface area contributed by atoms with E-state index in [1.807, 2.05) is 69.7 Å². The fourth-order valence-corrected chi connectivity index (χ4v) is 5.35. The van der Waals surface area contributed by atoms with E-state index >= 15 is 0 Å². The number of benzene rings is 2. The van der Waals surface area contributed by atoms with E-state index in [2.05, 4.69) is 20.4 Å². The molecule has 0 unspecified atom stereocenters. The minimum atomic E-state index is 0.789. The average Bonchev–Trinajstić information content (AvgIpc) is 3.58. The SMILES string of the molecule is c1ccc(-c2nnc3sc(CCCCc4nn5c(-c6ccccc6)nnc5s4)nn23)cc1. The van der Waals surface area contributed by atoms with Crippen LogP contribution in [0.15, 0.2) is 60.7 Å². The van der Waals surface area contributed by atoms with Gasteiger partial charge >= 0.3 is 0 Å². The van der Waals surface area contributed by atoms with Gasteiger partial charge in [-0.2, -0.15) is 19.2 Å². The van der Waals surface area contributed by atoms with E-state index in [1.54, 1.807) is 22.7 Å². The number of hydrogen-bond acceptors (Lipinski definition) is 8. The second kappa shape index (κ2) is 8.21. The summed E-state index contributed by atoms with van der Waals surface area (Å²) in [6.07, 6.45) is 3.91. The number of unbranched alkanes of at least 4 members (excludes halogenated alkanes) is 1. The first-order valence-electron chi connectivity index (χ1n) is 10.4. The van der Waals surface area contributed by atoms with Gasteiger partial charge in [0.2, 0.25) is 9.92 Å². The molecule has 32 heavy (non-hydrogen) atoms. The maximum atomic E-state index is 4.74. The van der Waals surface area contributed by atoms with Crippen LogP contribution in [0.2, 0.25) is 0 Å². The molecule has 0 saturated carbocycles. The minimum absolute atomic E-state index is 0.789. The van der Waals surface area contributed by atoms with Gasteiger partial charge in [0.05, 0.1) is 0 Å². The minimum Gasteiger partial charge on any atom is -0.183 e. The molecule has 0 aliphatic carbocycles. The third kappa shape index (κ3) is 3.57. The zero-order chi connectivity index (χ0) is 21.3. The molecule has 4 heterocycles. The van der Waals surface area contributed by atoms with Crippen molar-refractivity contribution in [2.45, 2.75) is 25.7 Å². The third-order valence-electron chi connectivity index (χ3n) is 5.16. The molecule has 4 aromatic heterocycles. The highest BCUT2D eigenvalue weighted by atomic mass is 32.1. The molecule has 0 radical (unpaired) electrons. The van der Waals surface area contributed by atoms with Gasteiger partial charge in [-0.3, -0.25) is 0 Å². The van der Waals surface area contributed by atoms with Crippen LogP contribution >= 0.6 is 22.7 Å². The highest BCUT2D eigenvalue weighted by Gasteiger charge is 2.14. The molecule has 0 fully saturated rings. The molecule has 8 nitrogen and oxygen atoms in total. The second-order valence-corrected chi connectivity index (χ2v) is 9.45. The number of aromatic nitrogens is 8. The Hall–Kier alpha value is -3.50. The monoisotopic (exact) mass is 458 g/mol. The summed E-state index contributed by atoms with van der Waals surface area (Å²) in [5.41, 5.74) is 2.05. The van der Waals surface area contributed by atoms with E-state index in [1.165, 1.54) is 0 Å². The lowest BCUT2D eigenvalue weighted by atomic mass is 10.2. The molecule has 2 aromatic carbocycles. The summed E-state index contributed by atoms with van der Waals surface area (Å²) < 4.78 is 3.70. The molecule has 0 saturated heterocycles. The zero-order valence-electron chi connectivity index (χ0n) is 17.0. The lowest BCUT2D eigenvalue weighted by Gasteiger charge is -1.97. The Labute approximate surface area is 191 Å². The van der Waals surface area contributed by atoms with Crippen LogP contribution in [0.3, 0.4) is 0 Å². The van der Waals surface area contributed by atoms with Crippen LogP contribution < -0.4 is 0 Å². The summed E-state index contributed by atoms with van der Waals surface area (Å²) in [5, 5.41) is 28.8. The highest BCUT2D eigenvalue weighted by Crippen LogP contribution is 2.24. The van der Waals surface area contributed by atoms with Crippen molar-refractivity contribution in [1.82, 2.24) is 39.6 Å². The van der Waals surface area contributed by atoms with E-state index in [9.17, 15) is 0 Å². The number of aryl methyl sites for hydroxylation is 2. The van der Waals surface area contributed by atoms with Crippen molar-refractivity contribution in [3.05, 3.63) is 70.7 Å². The van der Waals surface area contributed by atoms with Gasteiger partial charge in [-0.15, -0.1) is 20.4 Å². The predicted molar refractivity (Wildman–Crippen MR) is 125 cm³/mol. The lowest BCUT2D eigenvalue weighted by Crippen LogP contribution is -1.94. The van der Waals surface area contributed by atoms with Crippen LogP contribution in [0.1, 0.15) is 22.9 Å². The first-order chi connectivity index (χ1) is 15.8. The van der Waals surface area contributed by atoms with E-state index in [0.717, 1.165) is 68.4 Å². The fourth-order valence-electron chi connectivity index (χ4n) is 3.60. The van der Waals surface area contributed by atoms with Gasteiger partial charge in [0.15, 0.2) is 11.6 Å². The van der Waals surface area contributed by atoms with Crippen molar-refractivity contribution in [3.8, 4) is 22.8 Å². The van der Waals surface area contributed by atoms with E-state index in [-0.39, 0.29) is 0 Å². The largest absolute Gasteiger partial charge is 0.234 e. The van der Waals surface area contributed by atoms with Crippen LogP contribution in [-0.4, -0.2) is 39.6 Å². The van der Waals surface area contributed by atoms with Crippen LogP contribution in [0.4, 0.5) is 0 Å². The van der Waals surface area contributed by atoms with Crippen molar-refractivity contribution in [1.29, 1.82) is 0 Å². The highest BCUT2D eigenvalue weighted by molar-refractivity contribution is 7.17. The van der Waals surface area contributed by atoms with Gasteiger partial charge in [0.1, 0.15) is 10.0 Å². The summed E-state index contributed by atoms with van der Waals surface area (Å²) in [6, 6.07) is 20.1. The van der Waals surface area contributed by atoms with Crippen molar-refractivity contribution in [3.63, 3.8) is 0 Å². The fraction of sp³-hybridized carbons (Fsp3) is 0.182. The van der Waals surface area contributed by atoms with Crippen LogP contribution in [0.5, 0.6) is 0 Å². The topological polar surface area (TPSA) is 86.2 Å². The molecular weight excluding hydrogens is 440 g/mol. The van der Waals surface area contributed by atoms with Gasteiger partial charge in [0.25, 0.3) is 0 Å². The van der Waals surface area contributed by atoms with Crippen molar-refractivity contribution in [2.75, 3.05) is 0 Å². The summed E-state index contributed by atoms with van der Waals surface area (Å²) >= 11 is 3.21. The number of nitrogens with zero attached hydrogens (tertiary/aromatic N) is 8. The van der Waals surface area contributed by atoms with Gasteiger partial charge < -0.3 is 0 Å². The summed E-state index contributed by atoms with van der Waals surface area (Å²) in [4.78, 5) is 1.67. The maximum Gasteiger partial charge on any atom is 0.234 e. The van der Waals surface area contributed by atoms with E-state index < -0.39 is 0 Å². The molecule has 10 heteroatoms. The number of hydrogen-bond donors (Lipinski definition) is 0. The Morgan fingerprint density at radius 1 is 0.562 bits per heavy atom. The lowest BCUT2D eigenvalue weighted by molar-refractivity contribution is 0.710. The van der Waals surface area contributed by atoms with Crippen LogP contribution in [-0.2, 0) is 12.8 Å². The molecule has 0 aliphatic heterocycles. The summed E-state index contributed by atoms with van der Waals surface area (Å²) in [6.45, 7) is 0. The first kappa shape index (κ1) is 19.2. The summed E-state index contributed by atoms with van der Waals surface area (Å²) in [5.74, 6) is 1.58. The van der Waals surface area contributed by atoms with Crippen LogP contribution in [0.25, 0.3) is 32.7 Å². The van der Waals surface area contributed by atoms with Gasteiger partial charge in [-0.25, -0.2) is 0 Å². The number of fused-ring (bicyclic) bond motifs is 2. The molecule has 0 N–H and O–H groups in total. The Bertz CT molecular complexity index is 1370. The maximum absolute atomic E-state index is 4.74. The zero-order valence-corrected chi connectivity index (χ0v) is 18.6. The first-order valence-corrected chi connectivity index (χ1v) is 12.0. The number of rotatable bonds is 7. The third-order valence-corrected chi connectivity index (χ3v) is 7.08. The van der Waals surface area contributed by atoms with E-state index in [4.69, 9.17) is 10.2 Å². The quantitative estimate of drug-likeness (QED) is 0.325. The molecule has 0 spiro atoms. The summed E-state index contributed by atoms with van der Waals surface area (Å²) in [7, 11) is 0. The second-order valence-electron chi connectivity index (χ2n) is 7.37. The molecule has 0 bridgehead atoms. The molecule has 0 aliphatic rings. The molecule has 0 atom stereocenters. The van der Waals surface area contributed by atoms with Crippen molar-refractivity contribution in [2.24, 2.45) is 0 Å². The van der Waals surface area contributed by atoms with Crippen LogP contribution in [0, 0.1) is 0 Å². The predicted octanol–water partition coefficient (Wildman–Crippen LogP) is 4.58. The smallest absolute Gasteiger partial charge is 0.183 e. The van der Waals surface area contributed by atoms with Gasteiger partial charge in [-0.1, -0.05) is 83.3 Å². The van der Waals surface area contributed by atoms with Gasteiger partial charge in [0, 0.05) is 24.0 Å². The molecule has 6 aromatic rings. The molecule has 0 amide bonds. The van der Waals surface area contributed by atoms with Crippen molar-refractivity contribution < 1.29 is 0 Å².